The maximum Gasteiger partial charge on any atom is 0.0768 e. The molecule has 0 aliphatic carbocycles. The van der Waals surface area contributed by atoms with E-state index >= 15 is 0 Å². The third-order valence-corrected chi connectivity index (χ3v) is 2.67. The summed E-state index contributed by atoms with van der Waals surface area (Å²) in [5.41, 5.74) is 1.21. The molecule has 1 atom stereocenters. The molecule has 2 heteroatoms. The summed E-state index contributed by atoms with van der Waals surface area (Å²) in [5.74, 6) is 0. The lowest BCUT2D eigenvalue weighted by Crippen LogP contribution is -2.35. The third-order valence-electron chi connectivity index (χ3n) is 2.67. The molecule has 0 spiro atoms. The molecule has 1 aliphatic rings. The lowest BCUT2D eigenvalue weighted by Gasteiger charge is -2.18. The first-order chi connectivity index (χ1) is 6.95. The van der Waals surface area contributed by atoms with Crippen LogP contribution >= 0.6 is 0 Å². The number of nitrogens with one attached hydrogen (secondary N) is 2. The number of anilines is 1. The molecule has 0 unspecified atom stereocenters. The van der Waals surface area contributed by atoms with E-state index in [0.717, 1.165) is 6.54 Å². The van der Waals surface area contributed by atoms with Gasteiger partial charge in [-0.2, -0.15) is 0 Å². The highest BCUT2D eigenvalue weighted by Crippen LogP contribution is 2.12. The predicted molar refractivity (Wildman–Crippen MR) is 60.3 cm³/mol. The largest absolute Gasteiger partial charge is 0.370 e. The van der Waals surface area contributed by atoms with Crippen molar-refractivity contribution in [1.82, 2.24) is 5.32 Å². The first-order valence-corrected chi connectivity index (χ1v) is 5.50. The maximum atomic E-state index is 3.52. The second-order valence-corrected chi connectivity index (χ2v) is 3.87. The molecule has 0 bridgehead atoms. The van der Waals surface area contributed by atoms with Crippen LogP contribution < -0.4 is 10.6 Å². The molecular formula is C12H18N2. The van der Waals surface area contributed by atoms with Gasteiger partial charge in [0.25, 0.3) is 0 Å². The van der Waals surface area contributed by atoms with Crippen molar-refractivity contribution in [3.05, 3.63) is 30.3 Å². The summed E-state index contributed by atoms with van der Waals surface area (Å²) in [6.07, 6.45) is 5.69. The Bertz CT molecular complexity index is 250. The molecule has 2 rings (SSSR count). The van der Waals surface area contributed by atoms with Crippen LogP contribution in [0.2, 0.25) is 0 Å². The standard InChI is InChI=1S/C12H18N2/c1-3-7-11(8-4-1)14-12-9-5-2-6-10-13-12/h1,3-4,7-8,12-14H,2,5-6,9-10H2/t12-/m0/s1. The van der Waals surface area contributed by atoms with Crippen molar-refractivity contribution in [1.29, 1.82) is 0 Å². The van der Waals surface area contributed by atoms with Crippen LogP contribution in [0.15, 0.2) is 30.3 Å². The lowest BCUT2D eigenvalue weighted by molar-refractivity contribution is 0.563. The fourth-order valence-corrected chi connectivity index (χ4v) is 1.89. The molecule has 0 saturated carbocycles. The monoisotopic (exact) mass is 190 g/mol. The average molecular weight is 190 g/mol. The molecule has 76 valence electrons. The summed E-state index contributed by atoms with van der Waals surface area (Å²) in [5, 5.41) is 7.03. The van der Waals surface area contributed by atoms with Crippen LogP contribution in [0, 0.1) is 0 Å². The van der Waals surface area contributed by atoms with Crippen LogP contribution in [0.25, 0.3) is 0 Å². The van der Waals surface area contributed by atoms with Crippen molar-refractivity contribution >= 4 is 5.69 Å². The second-order valence-electron chi connectivity index (χ2n) is 3.87. The molecule has 1 aromatic carbocycles. The molecule has 2 nitrogen and oxygen atoms in total. The summed E-state index contributed by atoms with van der Waals surface area (Å²) in [6, 6.07) is 10.4. The number of hydrogen-bond donors (Lipinski definition) is 2. The molecule has 0 amide bonds. The Labute approximate surface area is 85.7 Å². The molecule has 1 heterocycles. The van der Waals surface area contributed by atoms with Gasteiger partial charge in [-0.1, -0.05) is 31.0 Å². The van der Waals surface area contributed by atoms with Gasteiger partial charge >= 0.3 is 0 Å². The normalized spacial score (nSPS) is 22.7. The van der Waals surface area contributed by atoms with Crippen LogP contribution in [0.3, 0.4) is 0 Å². The van der Waals surface area contributed by atoms with E-state index in [9.17, 15) is 0 Å². The Morgan fingerprint density at radius 2 is 1.93 bits per heavy atom. The SMILES string of the molecule is c1ccc(N[C@H]2CCCCCN2)cc1. The van der Waals surface area contributed by atoms with Gasteiger partial charge in [0, 0.05) is 5.69 Å². The van der Waals surface area contributed by atoms with E-state index in [2.05, 4.69) is 34.9 Å². The number of para-hydroxylation sites is 1. The summed E-state index contributed by atoms with van der Waals surface area (Å²) in [7, 11) is 0. The zero-order valence-electron chi connectivity index (χ0n) is 8.50. The summed E-state index contributed by atoms with van der Waals surface area (Å²) >= 11 is 0. The van der Waals surface area contributed by atoms with E-state index in [-0.39, 0.29) is 0 Å². The molecule has 1 aliphatic heterocycles. The molecule has 0 radical (unpaired) electrons. The number of rotatable bonds is 2. The summed E-state index contributed by atoms with van der Waals surface area (Å²) in [6.45, 7) is 1.14. The van der Waals surface area contributed by atoms with Crippen molar-refractivity contribution in [2.45, 2.75) is 31.8 Å². The highest BCUT2D eigenvalue weighted by molar-refractivity contribution is 5.43. The Morgan fingerprint density at radius 1 is 1.07 bits per heavy atom. The van der Waals surface area contributed by atoms with Gasteiger partial charge in [0.15, 0.2) is 0 Å². The summed E-state index contributed by atoms with van der Waals surface area (Å²) < 4.78 is 0. The molecule has 1 saturated heterocycles. The van der Waals surface area contributed by atoms with E-state index in [1.54, 1.807) is 0 Å². The molecular weight excluding hydrogens is 172 g/mol. The third kappa shape index (κ3) is 2.74. The average Bonchev–Trinajstić information content (AvgIpc) is 2.48. The fourth-order valence-electron chi connectivity index (χ4n) is 1.89. The minimum atomic E-state index is 0.458. The number of benzene rings is 1. The van der Waals surface area contributed by atoms with Gasteiger partial charge in [0.2, 0.25) is 0 Å². The topological polar surface area (TPSA) is 24.1 Å². The minimum Gasteiger partial charge on any atom is -0.370 e. The van der Waals surface area contributed by atoms with Crippen LogP contribution in [0.5, 0.6) is 0 Å². The number of hydrogen-bond acceptors (Lipinski definition) is 2. The van der Waals surface area contributed by atoms with Gasteiger partial charge in [-0.15, -0.1) is 0 Å². The van der Waals surface area contributed by atoms with Crippen LogP contribution in [-0.4, -0.2) is 12.7 Å². The highest BCUT2D eigenvalue weighted by Gasteiger charge is 2.09. The lowest BCUT2D eigenvalue weighted by atomic mass is 10.2. The minimum absolute atomic E-state index is 0.458. The van der Waals surface area contributed by atoms with Gasteiger partial charge in [0.1, 0.15) is 0 Å². The van der Waals surface area contributed by atoms with E-state index in [4.69, 9.17) is 0 Å². The van der Waals surface area contributed by atoms with Crippen LogP contribution in [0.1, 0.15) is 25.7 Å². The van der Waals surface area contributed by atoms with Crippen molar-refractivity contribution in [2.24, 2.45) is 0 Å². The van der Waals surface area contributed by atoms with Gasteiger partial charge < -0.3 is 5.32 Å². The second kappa shape index (κ2) is 5.01. The molecule has 1 aromatic rings. The van der Waals surface area contributed by atoms with Gasteiger partial charge in [0.05, 0.1) is 6.17 Å². The Kier molecular flexibility index (Phi) is 3.41. The smallest absolute Gasteiger partial charge is 0.0768 e. The van der Waals surface area contributed by atoms with Crippen molar-refractivity contribution < 1.29 is 0 Å². The molecule has 2 N–H and O–H groups in total. The maximum absolute atomic E-state index is 3.52. The molecule has 14 heavy (non-hydrogen) atoms. The summed E-state index contributed by atoms with van der Waals surface area (Å²) in [4.78, 5) is 0. The zero-order valence-corrected chi connectivity index (χ0v) is 8.50. The molecule has 0 aromatic heterocycles. The quantitative estimate of drug-likeness (QED) is 0.749. The van der Waals surface area contributed by atoms with Crippen LogP contribution in [0.4, 0.5) is 5.69 Å². The van der Waals surface area contributed by atoms with E-state index in [1.165, 1.54) is 31.4 Å². The van der Waals surface area contributed by atoms with Crippen LogP contribution in [-0.2, 0) is 0 Å². The Hall–Kier alpha value is -1.02. The Morgan fingerprint density at radius 3 is 2.79 bits per heavy atom. The van der Waals surface area contributed by atoms with Gasteiger partial charge in [-0.05, 0) is 31.5 Å². The Balaban J connectivity index is 1.90. The first kappa shape index (κ1) is 9.53. The van der Waals surface area contributed by atoms with Gasteiger partial charge in [-0.3, -0.25) is 5.32 Å². The first-order valence-electron chi connectivity index (χ1n) is 5.50. The van der Waals surface area contributed by atoms with Gasteiger partial charge in [-0.25, -0.2) is 0 Å². The van der Waals surface area contributed by atoms with E-state index < -0.39 is 0 Å². The van der Waals surface area contributed by atoms with Crippen molar-refractivity contribution in [3.8, 4) is 0 Å². The predicted octanol–water partition coefficient (Wildman–Crippen LogP) is 2.59. The van der Waals surface area contributed by atoms with Crippen molar-refractivity contribution in [3.63, 3.8) is 0 Å². The van der Waals surface area contributed by atoms with E-state index in [1.807, 2.05) is 6.07 Å². The zero-order chi connectivity index (χ0) is 9.64. The van der Waals surface area contributed by atoms with E-state index in [0.29, 0.717) is 6.17 Å². The highest BCUT2D eigenvalue weighted by atomic mass is 15.1. The van der Waals surface area contributed by atoms with Crippen molar-refractivity contribution in [2.75, 3.05) is 11.9 Å². The fraction of sp³-hybridized carbons (Fsp3) is 0.500. The molecule has 1 fully saturated rings.